The minimum atomic E-state index is -3.76. The molecule has 1 N–H and O–H groups in total. The van der Waals surface area contributed by atoms with E-state index in [4.69, 9.17) is 0 Å². The summed E-state index contributed by atoms with van der Waals surface area (Å²) >= 11 is 0. The molecule has 1 saturated carbocycles. The van der Waals surface area contributed by atoms with Gasteiger partial charge in [-0.15, -0.1) is 0 Å². The highest BCUT2D eigenvalue weighted by Crippen LogP contribution is 2.31. The molecule has 158 valence electrons. The Balaban J connectivity index is 2.36. The normalized spacial score (nSPS) is 16.4. The van der Waals surface area contributed by atoms with Gasteiger partial charge in [-0.05, 0) is 50.2 Å². The molecule has 0 aromatic heterocycles. The summed E-state index contributed by atoms with van der Waals surface area (Å²) in [4.78, 5) is 13.0. The van der Waals surface area contributed by atoms with Crippen LogP contribution in [0.3, 0.4) is 0 Å². The minimum Gasteiger partial charge on any atom is -0.354 e. The van der Waals surface area contributed by atoms with E-state index in [1.165, 1.54) is 4.31 Å². The van der Waals surface area contributed by atoms with Gasteiger partial charge in [0.2, 0.25) is 15.9 Å². The first-order valence-electron chi connectivity index (χ1n) is 10.3. The smallest absolute Gasteiger partial charge is 0.244 e. The van der Waals surface area contributed by atoms with E-state index in [1.807, 2.05) is 53.7 Å². The number of carbonyl (C=O) groups is 1. The van der Waals surface area contributed by atoms with Crippen molar-refractivity contribution in [1.82, 2.24) is 9.62 Å². The highest BCUT2D eigenvalue weighted by atomic mass is 32.2. The Morgan fingerprint density at radius 1 is 1.07 bits per heavy atom. The summed E-state index contributed by atoms with van der Waals surface area (Å²) in [5.74, 6) is -0.230. The van der Waals surface area contributed by atoms with Gasteiger partial charge in [-0.2, -0.15) is 4.31 Å². The van der Waals surface area contributed by atoms with Gasteiger partial charge in [0.25, 0.3) is 0 Å². The van der Waals surface area contributed by atoms with Gasteiger partial charge in [0.05, 0.1) is 11.4 Å². The van der Waals surface area contributed by atoms with Crippen molar-refractivity contribution in [2.75, 3.05) is 13.1 Å². The van der Waals surface area contributed by atoms with Crippen LogP contribution in [0.15, 0.2) is 17.0 Å². The van der Waals surface area contributed by atoms with Crippen molar-refractivity contribution in [3.05, 3.63) is 28.8 Å². The van der Waals surface area contributed by atoms with E-state index in [0.717, 1.165) is 48.8 Å². The Kier molecular flexibility index (Phi) is 7.32. The number of carbonyl (C=O) groups excluding carboxylic acids is 1. The number of amides is 1. The van der Waals surface area contributed by atoms with Crippen LogP contribution in [-0.4, -0.2) is 37.8 Å². The van der Waals surface area contributed by atoms with Crippen LogP contribution in [0.25, 0.3) is 0 Å². The number of nitrogens with zero attached hydrogens (tertiary/aromatic N) is 1. The predicted molar refractivity (Wildman–Crippen MR) is 114 cm³/mol. The summed E-state index contributed by atoms with van der Waals surface area (Å²) in [6.45, 7) is 12.2. The van der Waals surface area contributed by atoms with Crippen LogP contribution in [0.2, 0.25) is 0 Å². The molecule has 1 aliphatic carbocycles. The monoisotopic (exact) mass is 408 g/mol. The fourth-order valence-corrected chi connectivity index (χ4v) is 6.09. The molecule has 0 unspecified atom stereocenters. The second kappa shape index (κ2) is 8.95. The van der Waals surface area contributed by atoms with Gasteiger partial charge in [-0.25, -0.2) is 8.42 Å². The highest BCUT2D eigenvalue weighted by Gasteiger charge is 2.35. The first-order valence-corrected chi connectivity index (χ1v) is 11.7. The van der Waals surface area contributed by atoms with Gasteiger partial charge in [-0.3, -0.25) is 4.79 Å². The summed E-state index contributed by atoms with van der Waals surface area (Å²) in [6, 6.07) is 3.69. The second-order valence-corrected chi connectivity index (χ2v) is 11.2. The number of aryl methyl sites for hydroxylation is 3. The fraction of sp³-hybridized carbons (Fsp3) is 0.682. The molecule has 1 aliphatic rings. The van der Waals surface area contributed by atoms with Gasteiger partial charge in [-0.1, -0.05) is 57.7 Å². The van der Waals surface area contributed by atoms with Gasteiger partial charge in [0.15, 0.2) is 0 Å². The third-order valence-electron chi connectivity index (χ3n) is 5.27. The largest absolute Gasteiger partial charge is 0.354 e. The molecule has 1 aromatic rings. The van der Waals surface area contributed by atoms with Crippen LogP contribution in [-0.2, 0) is 14.8 Å². The highest BCUT2D eigenvalue weighted by molar-refractivity contribution is 7.89. The number of hydrogen-bond donors (Lipinski definition) is 1. The van der Waals surface area contributed by atoms with Crippen molar-refractivity contribution in [1.29, 1.82) is 0 Å². The summed E-state index contributed by atoms with van der Waals surface area (Å²) in [7, 11) is -3.76. The van der Waals surface area contributed by atoms with Gasteiger partial charge < -0.3 is 5.32 Å². The molecule has 0 atom stereocenters. The Morgan fingerprint density at radius 3 is 2.11 bits per heavy atom. The first kappa shape index (κ1) is 22.9. The maximum Gasteiger partial charge on any atom is 0.244 e. The molecule has 0 spiro atoms. The number of sulfonamides is 1. The molecule has 0 aliphatic heterocycles. The van der Waals surface area contributed by atoms with Crippen molar-refractivity contribution >= 4 is 15.9 Å². The molecule has 0 heterocycles. The van der Waals surface area contributed by atoms with Gasteiger partial charge >= 0.3 is 0 Å². The Hall–Kier alpha value is -1.40. The molecular formula is C22H36N2O3S. The predicted octanol–water partition coefficient (Wildman–Crippen LogP) is 4.10. The fourth-order valence-electron chi connectivity index (χ4n) is 4.03. The lowest BCUT2D eigenvalue weighted by atomic mass is 9.95. The molecule has 0 radical (unpaired) electrons. The summed E-state index contributed by atoms with van der Waals surface area (Å²) in [5, 5.41) is 2.91. The summed E-state index contributed by atoms with van der Waals surface area (Å²) in [5.41, 5.74) is 2.48. The van der Waals surface area contributed by atoms with Crippen molar-refractivity contribution < 1.29 is 13.2 Å². The SMILES string of the molecule is Cc1cc(C)c(S(=O)(=O)N(CC(=O)NCC(C)(C)C)C2CCCCC2)c(C)c1. The summed E-state index contributed by atoms with van der Waals surface area (Å²) in [6.07, 6.45) is 4.77. The second-order valence-electron chi connectivity index (χ2n) is 9.41. The van der Waals surface area contributed by atoms with E-state index in [2.05, 4.69) is 5.32 Å². The maximum atomic E-state index is 13.7. The standard InChI is InChI=1S/C22H36N2O3S/c1-16-12-17(2)21(18(3)13-16)28(26,27)24(19-10-8-7-9-11-19)14-20(25)23-15-22(4,5)6/h12-13,19H,7-11,14-15H2,1-6H3,(H,23,25). The van der Waals surface area contributed by atoms with Crippen LogP contribution >= 0.6 is 0 Å². The van der Waals surface area contributed by atoms with Crippen LogP contribution in [0, 0.1) is 26.2 Å². The Bertz CT molecular complexity index is 781. The average Bonchev–Trinajstić information content (AvgIpc) is 2.56. The third kappa shape index (κ3) is 5.80. The molecule has 28 heavy (non-hydrogen) atoms. The molecule has 6 heteroatoms. The van der Waals surface area contributed by atoms with E-state index in [0.29, 0.717) is 11.4 Å². The topological polar surface area (TPSA) is 66.5 Å². The molecule has 1 aromatic carbocycles. The van der Waals surface area contributed by atoms with Crippen molar-refractivity contribution in [2.24, 2.45) is 5.41 Å². The molecule has 0 bridgehead atoms. The van der Waals surface area contributed by atoms with E-state index in [1.54, 1.807) is 0 Å². The summed E-state index contributed by atoms with van der Waals surface area (Å²) < 4.78 is 28.8. The van der Waals surface area contributed by atoms with Gasteiger partial charge in [0.1, 0.15) is 0 Å². The maximum absolute atomic E-state index is 13.7. The average molecular weight is 409 g/mol. The number of benzene rings is 1. The first-order chi connectivity index (χ1) is 12.9. The third-order valence-corrected chi connectivity index (χ3v) is 7.47. The van der Waals surface area contributed by atoms with Crippen LogP contribution in [0.4, 0.5) is 0 Å². The molecule has 2 rings (SSSR count). The zero-order chi connectivity index (χ0) is 21.1. The van der Waals surface area contributed by atoms with E-state index >= 15 is 0 Å². The Labute approximate surface area is 170 Å². The van der Waals surface area contributed by atoms with Crippen molar-refractivity contribution in [3.8, 4) is 0 Å². The van der Waals surface area contributed by atoms with Crippen LogP contribution in [0.5, 0.6) is 0 Å². The molecule has 1 amide bonds. The lowest BCUT2D eigenvalue weighted by Gasteiger charge is -2.34. The number of rotatable bonds is 6. The number of nitrogens with one attached hydrogen (secondary N) is 1. The molecule has 5 nitrogen and oxygen atoms in total. The Morgan fingerprint density at radius 2 is 1.61 bits per heavy atom. The zero-order valence-electron chi connectivity index (χ0n) is 18.3. The molecular weight excluding hydrogens is 372 g/mol. The van der Waals surface area contributed by atoms with E-state index < -0.39 is 10.0 Å². The number of hydrogen-bond acceptors (Lipinski definition) is 3. The van der Waals surface area contributed by atoms with Crippen LogP contribution in [0.1, 0.15) is 69.6 Å². The lowest BCUT2D eigenvalue weighted by molar-refractivity contribution is -0.122. The van der Waals surface area contributed by atoms with E-state index in [9.17, 15) is 13.2 Å². The van der Waals surface area contributed by atoms with Crippen LogP contribution < -0.4 is 5.32 Å². The quantitative estimate of drug-likeness (QED) is 0.771. The van der Waals surface area contributed by atoms with Crippen molar-refractivity contribution in [3.63, 3.8) is 0 Å². The van der Waals surface area contributed by atoms with E-state index in [-0.39, 0.29) is 23.9 Å². The zero-order valence-corrected chi connectivity index (χ0v) is 19.1. The molecule has 1 fully saturated rings. The lowest BCUT2D eigenvalue weighted by Crippen LogP contribution is -2.48. The van der Waals surface area contributed by atoms with Crippen molar-refractivity contribution in [2.45, 2.75) is 84.6 Å². The molecule has 0 saturated heterocycles. The minimum absolute atomic E-state index is 0.0473. The van der Waals surface area contributed by atoms with Gasteiger partial charge in [0, 0.05) is 12.6 Å².